The van der Waals surface area contributed by atoms with Gasteiger partial charge in [0, 0.05) is 12.2 Å². The molecule has 2 rings (SSSR count). The van der Waals surface area contributed by atoms with Crippen molar-refractivity contribution in [1.29, 1.82) is 0 Å². The fraction of sp³-hybridized carbons (Fsp3) is 0.333. The Morgan fingerprint density at radius 1 is 1.28 bits per heavy atom. The van der Waals surface area contributed by atoms with Crippen molar-refractivity contribution in [3.05, 3.63) is 29.3 Å². The fourth-order valence-corrected chi connectivity index (χ4v) is 1.57. The molecule has 1 aromatic carbocycles. The van der Waals surface area contributed by atoms with Gasteiger partial charge in [0.15, 0.2) is 0 Å². The molecule has 0 atom stereocenters. The van der Waals surface area contributed by atoms with Crippen LogP contribution >= 0.6 is 11.6 Å². The van der Waals surface area contributed by atoms with Crippen LogP contribution in [-0.2, 0) is 4.74 Å². The van der Waals surface area contributed by atoms with Gasteiger partial charge in [0.1, 0.15) is 6.61 Å². The molecule has 0 aliphatic carbocycles. The van der Waals surface area contributed by atoms with Crippen LogP contribution in [0.4, 0.5) is 0 Å². The number of aromatic nitrogens is 2. The first-order valence-electron chi connectivity index (χ1n) is 5.60. The SMILES string of the molecule is CCOCCOc1nc(-c2ccccc2Cl)no1. The van der Waals surface area contributed by atoms with Crippen molar-refractivity contribution >= 4 is 11.6 Å². The molecule has 0 unspecified atom stereocenters. The van der Waals surface area contributed by atoms with E-state index < -0.39 is 0 Å². The van der Waals surface area contributed by atoms with Crippen molar-refractivity contribution in [3.63, 3.8) is 0 Å². The minimum absolute atomic E-state index is 0.115. The van der Waals surface area contributed by atoms with Crippen molar-refractivity contribution in [3.8, 4) is 17.5 Å². The lowest BCUT2D eigenvalue weighted by molar-refractivity contribution is 0.0925. The number of ether oxygens (including phenoxy) is 2. The minimum atomic E-state index is 0.115. The Morgan fingerprint density at radius 3 is 2.89 bits per heavy atom. The number of rotatable bonds is 6. The number of nitrogens with zero attached hydrogens (tertiary/aromatic N) is 2. The van der Waals surface area contributed by atoms with E-state index in [0.29, 0.717) is 36.2 Å². The molecule has 0 N–H and O–H groups in total. The molecule has 0 fully saturated rings. The molecule has 0 saturated heterocycles. The summed E-state index contributed by atoms with van der Waals surface area (Å²) in [6, 6.07) is 7.28. The standard InChI is InChI=1S/C12H13ClN2O3/c1-2-16-7-8-17-12-14-11(15-18-12)9-5-3-4-6-10(9)13/h3-6H,2,7-8H2,1H3. The normalized spacial score (nSPS) is 10.6. The topological polar surface area (TPSA) is 57.4 Å². The third-order valence-electron chi connectivity index (χ3n) is 2.18. The first-order valence-corrected chi connectivity index (χ1v) is 5.98. The predicted molar refractivity (Wildman–Crippen MR) is 66.7 cm³/mol. The molecule has 0 bridgehead atoms. The zero-order valence-corrected chi connectivity index (χ0v) is 10.7. The van der Waals surface area contributed by atoms with Crippen LogP contribution in [0.1, 0.15) is 6.92 Å². The van der Waals surface area contributed by atoms with Crippen molar-refractivity contribution in [2.75, 3.05) is 19.8 Å². The molecule has 0 amide bonds. The van der Waals surface area contributed by atoms with E-state index in [0.717, 1.165) is 0 Å². The summed E-state index contributed by atoms with van der Waals surface area (Å²) in [6.45, 7) is 3.43. The average molecular weight is 269 g/mol. The molecule has 18 heavy (non-hydrogen) atoms. The number of halogens is 1. The highest BCUT2D eigenvalue weighted by Gasteiger charge is 2.11. The largest absolute Gasteiger partial charge is 0.446 e. The van der Waals surface area contributed by atoms with Crippen LogP contribution in [-0.4, -0.2) is 30.0 Å². The highest BCUT2D eigenvalue weighted by Crippen LogP contribution is 2.26. The molecule has 96 valence electrons. The van der Waals surface area contributed by atoms with Crippen LogP contribution in [0.5, 0.6) is 6.08 Å². The molecular weight excluding hydrogens is 256 g/mol. The van der Waals surface area contributed by atoms with Crippen molar-refractivity contribution in [1.82, 2.24) is 10.1 Å². The molecule has 5 nitrogen and oxygen atoms in total. The number of hydrogen-bond donors (Lipinski definition) is 0. The first-order chi connectivity index (χ1) is 8.81. The molecular formula is C12H13ClN2O3. The van der Waals surface area contributed by atoms with Crippen LogP contribution in [0.2, 0.25) is 5.02 Å². The summed E-state index contributed by atoms with van der Waals surface area (Å²) in [7, 11) is 0. The summed E-state index contributed by atoms with van der Waals surface area (Å²) in [4.78, 5) is 4.10. The monoisotopic (exact) mass is 268 g/mol. The van der Waals surface area contributed by atoms with Gasteiger partial charge in [0.2, 0.25) is 5.82 Å². The van der Waals surface area contributed by atoms with Crippen molar-refractivity contribution in [2.24, 2.45) is 0 Å². The zero-order chi connectivity index (χ0) is 12.8. The van der Waals surface area contributed by atoms with Gasteiger partial charge in [-0.1, -0.05) is 28.9 Å². The lowest BCUT2D eigenvalue weighted by atomic mass is 10.2. The summed E-state index contributed by atoms with van der Waals surface area (Å²) < 4.78 is 15.3. The zero-order valence-electron chi connectivity index (χ0n) is 9.93. The second kappa shape index (κ2) is 6.37. The Bertz CT molecular complexity index is 502. The van der Waals surface area contributed by atoms with Gasteiger partial charge < -0.3 is 9.47 Å². The van der Waals surface area contributed by atoms with Gasteiger partial charge >= 0.3 is 6.08 Å². The van der Waals surface area contributed by atoms with Crippen LogP contribution in [0, 0.1) is 0 Å². The number of benzene rings is 1. The Hall–Kier alpha value is -1.59. The fourth-order valence-electron chi connectivity index (χ4n) is 1.35. The lowest BCUT2D eigenvalue weighted by Gasteiger charge is -1.99. The van der Waals surface area contributed by atoms with Crippen LogP contribution < -0.4 is 4.74 Å². The third-order valence-corrected chi connectivity index (χ3v) is 2.51. The highest BCUT2D eigenvalue weighted by molar-refractivity contribution is 6.33. The van der Waals surface area contributed by atoms with Gasteiger partial charge in [-0.2, -0.15) is 4.98 Å². The summed E-state index contributed by atoms with van der Waals surface area (Å²) in [5.41, 5.74) is 0.711. The first kappa shape index (κ1) is 12.9. The summed E-state index contributed by atoms with van der Waals surface area (Å²) in [6.07, 6.45) is 0.115. The maximum absolute atomic E-state index is 6.03. The Labute approximate surface area is 110 Å². The summed E-state index contributed by atoms with van der Waals surface area (Å²) >= 11 is 6.03. The van der Waals surface area contributed by atoms with Gasteiger partial charge in [0.25, 0.3) is 0 Å². The molecule has 0 spiro atoms. The van der Waals surface area contributed by atoms with Gasteiger partial charge in [0.05, 0.1) is 11.6 Å². The van der Waals surface area contributed by atoms with Gasteiger partial charge in [-0.05, 0) is 19.1 Å². The molecule has 0 aliphatic rings. The van der Waals surface area contributed by atoms with Crippen LogP contribution in [0.15, 0.2) is 28.8 Å². The molecule has 0 radical (unpaired) electrons. The quantitative estimate of drug-likeness (QED) is 0.754. The second-order valence-electron chi connectivity index (χ2n) is 3.41. The van der Waals surface area contributed by atoms with Crippen molar-refractivity contribution < 1.29 is 14.0 Å². The van der Waals surface area contributed by atoms with E-state index in [9.17, 15) is 0 Å². The van der Waals surface area contributed by atoms with E-state index >= 15 is 0 Å². The Kier molecular flexibility index (Phi) is 4.55. The smallest absolute Gasteiger partial charge is 0.417 e. The van der Waals surface area contributed by atoms with Gasteiger partial charge in [-0.15, -0.1) is 0 Å². The van der Waals surface area contributed by atoms with Crippen molar-refractivity contribution in [2.45, 2.75) is 6.92 Å². The maximum Gasteiger partial charge on any atom is 0.417 e. The summed E-state index contributed by atoms with van der Waals surface area (Å²) in [5.74, 6) is 0.409. The molecule has 1 heterocycles. The Balaban J connectivity index is 2.00. The van der Waals surface area contributed by atoms with Gasteiger partial charge in [-0.25, -0.2) is 0 Å². The van der Waals surface area contributed by atoms with E-state index in [1.54, 1.807) is 6.07 Å². The van der Waals surface area contributed by atoms with E-state index in [1.807, 2.05) is 25.1 Å². The van der Waals surface area contributed by atoms with E-state index in [1.165, 1.54) is 0 Å². The van der Waals surface area contributed by atoms with E-state index in [-0.39, 0.29) is 6.08 Å². The molecule has 1 aromatic heterocycles. The minimum Gasteiger partial charge on any atom is -0.446 e. The van der Waals surface area contributed by atoms with Crippen LogP contribution in [0.25, 0.3) is 11.4 Å². The van der Waals surface area contributed by atoms with Crippen LogP contribution in [0.3, 0.4) is 0 Å². The Morgan fingerprint density at radius 2 is 2.11 bits per heavy atom. The maximum atomic E-state index is 6.03. The second-order valence-corrected chi connectivity index (χ2v) is 3.82. The third kappa shape index (κ3) is 3.21. The predicted octanol–water partition coefficient (Wildman–Crippen LogP) is 2.81. The molecule has 2 aromatic rings. The van der Waals surface area contributed by atoms with Gasteiger partial charge in [-0.3, -0.25) is 4.52 Å². The van der Waals surface area contributed by atoms with E-state index in [4.69, 9.17) is 25.6 Å². The van der Waals surface area contributed by atoms with E-state index in [2.05, 4.69) is 10.1 Å². The lowest BCUT2D eigenvalue weighted by Crippen LogP contribution is -2.06. The highest BCUT2D eigenvalue weighted by atomic mass is 35.5. The summed E-state index contributed by atoms with van der Waals surface area (Å²) in [5, 5.41) is 4.38. The molecule has 6 heteroatoms. The molecule has 0 saturated carbocycles. The average Bonchev–Trinajstić information content (AvgIpc) is 2.84. The molecule has 0 aliphatic heterocycles. The number of hydrogen-bond acceptors (Lipinski definition) is 5.